The summed E-state index contributed by atoms with van der Waals surface area (Å²) >= 11 is 5.84. The van der Waals surface area contributed by atoms with Crippen molar-refractivity contribution < 1.29 is 0 Å². The minimum atomic E-state index is 0.150. The van der Waals surface area contributed by atoms with Crippen LogP contribution in [-0.2, 0) is 0 Å². The summed E-state index contributed by atoms with van der Waals surface area (Å²) in [6, 6.07) is 12.0. The van der Waals surface area contributed by atoms with Crippen LogP contribution in [0.2, 0.25) is 0 Å². The molecular weight excluding hydrogens is 218 g/mol. The zero-order valence-corrected chi connectivity index (χ0v) is 10.8. The molecular formula is C14H18ClN. The van der Waals surface area contributed by atoms with Gasteiger partial charge in [0.1, 0.15) is 5.17 Å². The predicted octanol–water partition coefficient (Wildman–Crippen LogP) is 4.30. The van der Waals surface area contributed by atoms with Crippen LogP contribution in [-0.4, -0.2) is 11.7 Å². The van der Waals surface area contributed by atoms with Crippen molar-refractivity contribution in [2.24, 2.45) is 10.4 Å². The second kappa shape index (κ2) is 5.86. The molecule has 0 spiro atoms. The number of nitrogens with zero attached hydrogens (tertiary/aromatic N) is 1. The van der Waals surface area contributed by atoms with Gasteiger partial charge in [-0.2, -0.15) is 0 Å². The molecule has 1 nitrogen and oxygen atoms in total. The van der Waals surface area contributed by atoms with E-state index in [0.29, 0.717) is 5.17 Å². The van der Waals surface area contributed by atoms with E-state index < -0.39 is 0 Å². The molecule has 1 heterocycles. The molecule has 0 radical (unpaired) electrons. The molecule has 0 N–H and O–H groups in total. The fourth-order valence-corrected chi connectivity index (χ4v) is 1.82. The highest BCUT2D eigenvalue weighted by Crippen LogP contribution is 2.29. The topological polar surface area (TPSA) is 12.4 Å². The van der Waals surface area contributed by atoms with E-state index in [1.54, 1.807) is 0 Å². The zero-order valence-electron chi connectivity index (χ0n) is 10.1. The van der Waals surface area contributed by atoms with Crippen LogP contribution in [0.25, 0.3) is 0 Å². The molecule has 16 heavy (non-hydrogen) atoms. The van der Waals surface area contributed by atoms with Gasteiger partial charge in [0.05, 0.1) is 6.54 Å². The van der Waals surface area contributed by atoms with Crippen molar-refractivity contribution in [1.82, 2.24) is 0 Å². The second-order valence-electron chi connectivity index (χ2n) is 4.65. The molecule has 1 aliphatic heterocycles. The summed E-state index contributed by atoms with van der Waals surface area (Å²) < 4.78 is 0. The Kier molecular flexibility index (Phi) is 4.75. The van der Waals surface area contributed by atoms with Gasteiger partial charge < -0.3 is 0 Å². The van der Waals surface area contributed by atoms with Crippen LogP contribution < -0.4 is 0 Å². The third-order valence-electron chi connectivity index (χ3n) is 2.22. The van der Waals surface area contributed by atoms with Gasteiger partial charge in [0.2, 0.25) is 0 Å². The molecule has 2 rings (SSSR count). The number of hydrogen-bond donors (Lipinski definition) is 0. The third kappa shape index (κ3) is 4.19. The average Bonchev–Trinajstić information content (AvgIpc) is 2.67. The van der Waals surface area contributed by atoms with Crippen molar-refractivity contribution >= 4 is 16.8 Å². The molecule has 86 valence electrons. The van der Waals surface area contributed by atoms with Crippen LogP contribution >= 0.6 is 11.6 Å². The average molecular weight is 236 g/mol. The first-order valence-electron chi connectivity index (χ1n) is 5.43. The monoisotopic (exact) mass is 235 g/mol. The van der Waals surface area contributed by atoms with Gasteiger partial charge in [-0.3, -0.25) is 4.99 Å². The highest BCUT2D eigenvalue weighted by molar-refractivity contribution is 6.70. The van der Waals surface area contributed by atoms with Gasteiger partial charge in [-0.15, -0.1) is 0 Å². The molecule has 0 fully saturated rings. The van der Waals surface area contributed by atoms with Gasteiger partial charge in [0, 0.05) is 0 Å². The second-order valence-corrected chi connectivity index (χ2v) is 5.01. The molecule has 0 aromatic heterocycles. The molecule has 0 amide bonds. The lowest BCUT2D eigenvalue weighted by Gasteiger charge is -2.18. The number of benzene rings is 1. The van der Waals surface area contributed by atoms with Crippen LogP contribution in [0, 0.1) is 5.41 Å². The SMILES string of the molecule is CC(C)(C)C1=CCN=C1Cl.c1ccccc1. The normalized spacial score (nSPS) is 14.8. The smallest absolute Gasteiger partial charge is 0.127 e. The number of aliphatic imine (C=N–C) groups is 1. The van der Waals surface area contributed by atoms with Crippen molar-refractivity contribution in [3.8, 4) is 0 Å². The summed E-state index contributed by atoms with van der Waals surface area (Å²) in [5.41, 5.74) is 1.33. The van der Waals surface area contributed by atoms with Gasteiger partial charge in [0.15, 0.2) is 0 Å². The Bertz CT molecular complexity index is 345. The first kappa shape index (κ1) is 13.0. The Labute approximate surface area is 103 Å². The summed E-state index contributed by atoms with van der Waals surface area (Å²) in [5, 5.41) is 0.688. The Hall–Kier alpha value is -1.08. The van der Waals surface area contributed by atoms with E-state index in [1.165, 1.54) is 5.57 Å². The largest absolute Gasteiger partial charge is 0.269 e. The lowest BCUT2D eigenvalue weighted by atomic mass is 9.87. The summed E-state index contributed by atoms with van der Waals surface area (Å²) in [5.74, 6) is 0. The molecule has 2 heteroatoms. The Morgan fingerprint density at radius 3 is 1.62 bits per heavy atom. The Morgan fingerprint density at radius 1 is 1.00 bits per heavy atom. The first-order chi connectivity index (χ1) is 7.52. The maximum atomic E-state index is 5.84. The predicted molar refractivity (Wildman–Crippen MR) is 72.1 cm³/mol. The number of allylic oxidation sites excluding steroid dienone is 1. The quantitative estimate of drug-likeness (QED) is 0.636. The van der Waals surface area contributed by atoms with E-state index in [1.807, 2.05) is 36.4 Å². The molecule has 0 unspecified atom stereocenters. The van der Waals surface area contributed by atoms with Gasteiger partial charge in [-0.25, -0.2) is 0 Å². The van der Waals surface area contributed by atoms with Gasteiger partial charge in [0.25, 0.3) is 0 Å². The van der Waals surface area contributed by atoms with Gasteiger partial charge >= 0.3 is 0 Å². The van der Waals surface area contributed by atoms with Crippen molar-refractivity contribution in [2.45, 2.75) is 20.8 Å². The van der Waals surface area contributed by atoms with E-state index in [0.717, 1.165) is 6.54 Å². The lowest BCUT2D eigenvalue weighted by Crippen LogP contribution is -2.12. The summed E-state index contributed by atoms with van der Waals surface area (Å²) in [6.07, 6.45) is 2.09. The first-order valence-corrected chi connectivity index (χ1v) is 5.80. The lowest BCUT2D eigenvalue weighted by molar-refractivity contribution is 0.526. The van der Waals surface area contributed by atoms with E-state index in [2.05, 4.69) is 31.8 Å². The molecule has 1 aromatic carbocycles. The standard InChI is InChI=1S/C8H12ClN.C6H6/c1-8(2,3)6-4-5-10-7(6)9;1-2-4-6-5-3-1/h4H,5H2,1-3H3;1-6H. The highest BCUT2D eigenvalue weighted by atomic mass is 35.5. The fourth-order valence-electron chi connectivity index (χ4n) is 1.39. The van der Waals surface area contributed by atoms with Crippen molar-refractivity contribution in [3.05, 3.63) is 48.0 Å². The molecule has 0 atom stereocenters. The highest BCUT2D eigenvalue weighted by Gasteiger charge is 2.22. The third-order valence-corrected chi connectivity index (χ3v) is 2.55. The fraction of sp³-hybridized carbons (Fsp3) is 0.357. The summed E-state index contributed by atoms with van der Waals surface area (Å²) in [7, 11) is 0. The maximum absolute atomic E-state index is 5.84. The van der Waals surface area contributed by atoms with E-state index >= 15 is 0 Å². The summed E-state index contributed by atoms with van der Waals surface area (Å²) in [6.45, 7) is 7.18. The van der Waals surface area contributed by atoms with E-state index in [4.69, 9.17) is 11.6 Å². The summed E-state index contributed by atoms with van der Waals surface area (Å²) in [4.78, 5) is 4.07. The minimum Gasteiger partial charge on any atom is -0.269 e. The molecule has 0 saturated carbocycles. The van der Waals surface area contributed by atoms with Gasteiger partial charge in [-0.1, -0.05) is 74.8 Å². The minimum absolute atomic E-state index is 0.150. The van der Waals surface area contributed by atoms with Gasteiger partial charge in [-0.05, 0) is 11.0 Å². The van der Waals surface area contributed by atoms with E-state index in [9.17, 15) is 0 Å². The molecule has 1 aromatic rings. The Balaban J connectivity index is 0.000000181. The van der Waals surface area contributed by atoms with Crippen LogP contribution in [0.5, 0.6) is 0 Å². The number of halogens is 1. The van der Waals surface area contributed by atoms with Crippen LogP contribution in [0.3, 0.4) is 0 Å². The van der Waals surface area contributed by atoms with Crippen molar-refractivity contribution in [3.63, 3.8) is 0 Å². The van der Waals surface area contributed by atoms with E-state index in [-0.39, 0.29) is 5.41 Å². The van der Waals surface area contributed by atoms with Crippen LogP contribution in [0.4, 0.5) is 0 Å². The molecule has 0 bridgehead atoms. The molecule has 0 aliphatic carbocycles. The Morgan fingerprint density at radius 2 is 1.44 bits per heavy atom. The van der Waals surface area contributed by atoms with Crippen LogP contribution in [0.15, 0.2) is 53.0 Å². The van der Waals surface area contributed by atoms with Crippen LogP contribution in [0.1, 0.15) is 20.8 Å². The zero-order chi connectivity index (χ0) is 12.0. The number of rotatable bonds is 0. The molecule has 1 aliphatic rings. The number of hydrogen-bond acceptors (Lipinski definition) is 1. The molecule has 0 saturated heterocycles. The maximum Gasteiger partial charge on any atom is 0.127 e. The van der Waals surface area contributed by atoms with Crippen molar-refractivity contribution in [2.75, 3.05) is 6.54 Å². The van der Waals surface area contributed by atoms with Crippen molar-refractivity contribution in [1.29, 1.82) is 0 Å².